The fourth-order valence-electron chi connectivity index (χ4n) is 3.18. The van der Waals surface area contributed by atoms with E-state index >= 15 is 0 Å². The summed E-state index contributed by atoms with van der Waals surface area (Å²) in [6.45, 7) is 11.4. The van der Waals surface area contributed by atoms with Crippen molar-refractivity contribution in [1.82, 2.24) is 24.2 Å². The summed E-state index contributed by atoms with van der Waals surface area (Å²) in [6, 6.07) is -0.143. The summed E-state index contributed by atoms with van der Waals surface area (Å²) < 4.78 is 3.47. The number of amides is 1. The van der Waals surface area contributed by atoms with Crippen LogP contribution in [0.5, 0.6) is 0 Å². The van der Waals surface area contributed by atoms with Gasteiger partial charge in [-0.15, -0.1) is 0 Å². The van der Waals surface area contributed by atoms with Crippen LogP contribution in [0, 0.1) is 0 Å². The van der Waals surface area contributed by atoms with Crippen LogP contribution in [0.1, 0.15) is 47.1 Å². The van der Waals surface area contributed by atoms with Crippen molar-refractivity contribution in [2.45, 2.75) is 57.8 Å². The van der Waals surface area contributed by atoms with Gasteiger partial charge in [0.1, 0.15) is 5.39 Å². The smallest absolute Gasteiger partial charge is 0.265 e. The highest BCUT2D eigenvalue weighted by Gasteiger charge is 2.31. The highest BCUT2D eigenvalue weighted by molar-refractivity contribution is 7.99. The van der Waals surface area contributed by atoms with E-state index in [0.29, 0.717) is 41.5 Å². The molecule has 2 aromatic rings. The third-order valence-corrected chi connectivity index (χ3v) is 5.63. The van der Waals surface area contributed by atoms with Crippen LogP contribution < -0.4 is 5.56 Å². The molecule has 7 nitrogen and oxygen atoms in total. The second-order valence-electron chi connectivity index (χ2n) is 7.27. The van der Waals surface area contributed by atoms with E-state index in [1.54, 1.807) is 20.3 Å². The maximum absolute atomic E-state index is 13.0. The Labute approximate surface area is 151 Å². The molecule has 0 N–H and O–H groups in total. The number of nitrogens with zero attached hydrogens (tertiary/aromatic N) is 5. The average Bonchev–Trinajstić information content (AvgIpc) is 3.13. The van der Waals surface area contributed by atoms with Crippen molar-refractivity contribution in [2.24, 2.45) is 0 Å². The van der Waals surface area contributed by atoms with Crippen molar-refractivity contribution in [3.63, 3.8) is 0 Å². The van der Waals surface area contributed by atoms with Crippen molar-refractivity contribution in [3.8, 4) is 0 Å². The molecule has 0 saturated heterocycles. The zero-order valence-corrected chi connectivity index (χ0v) is 16.3. The van der Waals surface area contributed by atoms with Crippen LogP contribution in [0.15, 0.2) is 16.1 Å². The second kappa shape index (κ2) is 6.48. The Kier molecular flexibility index (Phi) is 4.66. The number of fused-ring (bicyclic) bond motifs is 2. The summed E-state index contributed by atoms with van der Waals surface area (Å²) in [7, 11) is 0. The molecule has 1 amide bonds. The van der Waals surface area contributed by atoms with Crippen molar-refractivity contribution in [3.05, 3.63) is 16.6 Å². The first kappa shape index (κ1) is 18.0. The number of hydrogen-bond donors (Lipinski definition) is 0. The Morgan fingerprint density at radius 2 is 2.04 bits per heavy atom. The third-order valence-electron chi connectivity index (χ3n) is 4.53. The molecular formula is C17H25N5O2S. The third kappa shape index (κ3) is 3.07. The van der Waals surface area contributed by atoms with Gasteiger partial charge in [-0.05, 0) is 34.6 Å². The van der Waals surface area contributed by atoms with E-state index in [9.17, 15) is 9.59 Å². The topological polar surface area (TPSA) is 73.0 Å². The molecule has 1 aliphatic heterocycles. The lowest BCUT2D eigenvalue weighted by atomic mass is 10.1. The molecule has 0 aromatic carbocycles. The molecule has 136 valence electrons. The molecule has 2 aromatic heterocycles. The number of aromatic nitrogens is 4. The van der Waals surface area contributed by atoms with Crippen molar-refractivity contribution >= 4 is 28.7 Å². The minimum absolute atomic E-state index is 0.0841. The number of thioether (sulfide) groups is 1. The molecule has 0 saturated carbocycles. The quantitative estimate of drug-likeness (QED) is 0.779. The van der Waals surface area contributed by atoms with E-state index in [-0.39, 0.29) is 23.0 Å². The number of carbonyl (C=O) groups excluding carboxylic acids is 1. The number of hydrogen-bond acceptors (Lipinski definition) is 5. The fraction of sp³-hybridized carbons (Fsp3) is 0.647. The van der Waals surface area contributed by atoms with Crippen molar-refractivity contribution < 1.29 is 4.79 Å². The lowest BCUT2D eigenvalue weighted by Gasteiger charge is -2.22. The summed E-state index contributed by atoms with van der Waals surface area (Å²) in [5.41, 5.74) is 0.270. The van der Waals surface area contributed by atoms with Crippen molar-refractivity contribution in [1.29, 1.82) is 0 Å². The molecule has 1 aliphatic rings. The highest BCUT2D eigenvalue weighted by atomic mass is 32.2. The fourth-order valence-corrected chi connectivity index (χ4v) is 4.31. The van der Waals surface area contributed by atoms with Gasteiger partial charge in [-0.2, -0.15) is 5.10 Å². The highest BCUT2D eigenvalue weighted by Crippen LogP contribution is 2.34. The molecule has 1 unspecified atom stereocenters. The predicted octanol–water partition coefficient (Wildman–Crippen LogP) is 2.25. The van der Waals surface area contributed by atoms with Gasteiger partial charge < -0.3 is 4.90 Å². The molecule has 8 heteroatoms. The number of carbonyl (C=O) groups is 1. The first-order valence-electron chi connectivity index (χ1n) is 8.69. The van der Waals surface area contributed by atoms with Crippen LogP contribution in [0.25, 0.3) is 11.0 Å². The van der Waals surface area contributed by atoms with Crippen LogP contribution in [0.4, 0.5) is 0 Å². The van der Waals surface area contributed by atoms with Gasteiger partial charge in [0.2, 0.25) is 5.91 Å². The maximum Gasteiger partial charge on any atom is 0.265 e. The minimum Gasteiger partial charge on any atom is -0.343 e. The predicted molar refractivity (Wildman–Crippen MR) is 99.1 cm³/mol. The Hall–Kier alpha value is -1.83. The minimum atomic E-state index is -0.249. The van der Waals surface area contributed by atoms with Gasteiger partial charge in [-0.25, -0.2) is 9.67 Å². The molecule has 0 spiro atoms. The Morgan fingerprint density at radius 3 is 2.64 bits per heavy atom. The van der Waals surface area contributed by atoms with Gasteiger partial charge in [0.25, 0.3) is 5.56 Å². The van der Waals surface area contributed by atoms with E-state index in [1.165, 1.54) is 11.8 Å². The van der Waals surface area contributed by atoms with Crippen LogP contribution in [0.3, 0.4) is 0 Å². The normalized spacial score (nSPS) is 17.1. The second-order valence-corrected chi connectivity index (χ2v) is 8.26. The van der Waals surface area contributed by atoms with E-state index in [4.69, 9.17) is 0 Å². The molecular weight excluding hydrogens is 338 g/mol. The molecule has 3 rings (SSSR count). The van der Waals surface area contributed by atoms with Crippen LogP contribution in [-0.4, -0.2) is 49.0 Å². The maximum atomic E-state index is 13.0. The molecule has 1 atom stereocenters. The van der Waals surface area contributed by atoms with Crippen LogP contribution in [0.2, 0.25) is 0 Å². The Morgan fingerprint density at radius 1 is 1.36 bits per heavy atom. The molecule has 0 bridgehead atoms. The lowest BCUT2D eigenvalue weighted by Crippen LogP contribution is -2.34. The van der Waals surface area contributed by atoms with E-state index < -0.39 is 0 Å². The number of rotatable bonds is 4. The van der Waals surface area contributed by atoms with Crippen LogP contribution in [-0.2, 0) is 10.3 Å². The molecule has 0 aliphatic carbocycles. The zero-order chi connectivity index (χ0) is 18.4. The summed E-state index contributed by atoms with van der Waals surface area (Å²) in [5, 5.41) is 5.56. The van der Waals surface area contributed by atoms with Gasteiger partial charge in [0, 0.05) is 25.3 Å². The Bertz CT molecular complexity index is 860. The monoisotopic (exact) mass is 363 g/mol. The van der Waals surface area contributed by atoms with Gasteiger partial charge in [-0.1, -0.05) is 11.8 Å². The Balaban J connectivity index is 2.01. The summed E-state index contributed by atoms with van der Waals surface area (Å²) in [6.07, 6.45) is 1.93. The molecule has 0 fully saturated rings. The van der Waals surface area contributed by atoms with Gasteiger partial charge in [-0.3, -0.25) is 14.2 Å². The molecule has 0 radical (unpaired) electrons. The zero-order valence-electron chi connectivity index (χ0n) is 15.4. The van der Waals surface area contributed by atoms with Crippen LogP contribution >= 0.6 is 11.8 Å². The van der Waals surface area contributed by atoms with Crippen molar-refractivity contribution in [2.75, 3.05) is 18.8 Å². The van der Waals surface area contributed by atoms with Gasteiger partial charge in [0.15, 0.2) is 10.8 Å². The van der Waals surface area contributed by atoms with Gasteiger partial charge in [0.05, 0.1) is 17.8 Å². The largest absolute Gasteiger partial charge is 0.343 e. The van der Waals surface area contributed by atoms with Gasteiger partial charge >= 0.3 is 0 Å². The van der Waals surface area contributed by atoms with E-state index in [2.05, 4.69) is 10.1 Å². The summed E-state index contributed by atoms with van der Waals surface area (Å²) in [5.74, 6) is 0.783. The first-order valence-corrected chi connectivity index (χ1v) is 9.67. The van der Waals surface area contributed by atoms with E-state index in [1.807, 2.05) is 34.6 Å². The molecule has 3 heterocycles. The molecule has 25 heavy (non-hydrogen) atoms. The van der Waals surface area contributed by atoms with E-state index in [0.717, 1.165) is 0 Å². The standard InChI is InChI=1S/C17H25N5O2S/c1-6-20(7-2)13(23)8-11-10-25-16-19-14-12(15(24)21(11)16)9-18-22(14)17(3,4)5/h9,11H,6-8,10H2,1-5H3. The summed E-state index contributed by atoms with van der Waals surface area (Å²) in [4.78, 5) is 31.9. The first-order chi connectivity index (χ1) is 11.8. The summed E-state index contributed by atoms with van der Waals surface area (Å²) >= 11 is 1.54. The average molecular weight is 363 g/mol. The lowest BCUT2D eigenvalue weighted by molar-refractivity contribution is -0.131. The SMILES string of the molecule is CCN(CC)C(=O)CC1CSc2nc3c(cnn3C(C)(C)C)c(=O)n21.